The van der Waals surface area contributed by atoms with Crippen molar-refractivity contribution in [2.75, 3.05) is 0 Å². The second-order valence-corrected chi connectivity index (χ2v) is 10.0. The first-order chi connectivity index (χ1) is 18.9. The van der Waals surface area contributed by atoms with Gasteiger partial charge in [0.05, 0.1) is 10.8 Å². The molecule has 4 aromatic carbocycles. The van der Waals surface area contributed by atoms with Gasteiger partial charge in [-0.05, 0) is 24.3 Å². The molecule has 0 fully saturated rings. The Hall–Kier alpha value is -4.00. The van der Waals surface area contributed by atoms with Gasteiger partial charge in [-0.15, -0.1) is 0 Å². The van der Waals surface area contributed by atoms with Gasteiger partial charge in [0, 0.05) is 35.4 Å². The third kappa shape index (κ3) is 7.11. The summed E-state index contributed by atoms with van der Waals surface area (Å²) in [7, 11) is 9.59. The Labute approximate surface area is 237 Å². The molecule has 2 aromatic heterocycles. The molecule has 6 nitrogen and oxygen atoms in total. The molecule has 2 N–H and O–H groups in total. The first-order valence-electron chi connectivity index (χ1n) is 11.4. The first-order valence-corrected chi connectivity index (χ1v) is 14.7. The minimum absolute atomic E-state index is 0.00694. The van der Waals surface area contributed by atoms with Gasteiger partial charge in [0.25, 0.3) is 0 Å². The SMILES string of the molecule is O=c1cc(-c2ccccc2)oc2cc(O)ccc12.O=c1cc(-c2ccccc2)oc2cc(O)ccc12.[Cl][Mn][Cl]. The summed E-state index contributed by atoms with van der Waals surface area (Å²) >= 11 is 0.00694. The molecule has 9 heteroatoms. The Morgan fingerprint density at radius 2 is 0.897 bits per heavy atom. The second-order valence-electron chi connectivity index (χ2n) is 8.10. The Kier molecular flexibility index (Phi) is 9.47. The third-order valence-electron chi connectivity index (χ3n) is 5.54. The van der Waals surface area contributed by atoms with Crippen molar-refractivity contribution in [3.63, 3.8) is 0 Å². The number of phenolic OH excluding ortho intramolecular Hbond substituents is 2. The fraction of sp³-hybridized carbons (Fsp3) is 0. The van der Waals surface area contributed by atoms with Crippen LogP contribution in [-0.2, 0) is 13.1 Å². The maximum absolute atomic E-state index is 11.9. The average molecular weight is 602 g/mol. The zero-order valence-corrected chi connectivity index (χ0v) is 22.7. The molecule has 2 heterocycles. The molecule has 0 amide bonds. The number of aromatic hydroxyl groups is 2. The summed E-state index contributed by atoms with van der Waals surface area (Å²) in [6, 6.07) is 30.7. The van der Waals surface area contributed by atoms with E-state index in [0.717, 1.165) is 11.1 Å². The maximum atomic E-state index is 11.9. The topological polar surface area (TPSA) is 101 Å². The summed E-state index contributed by atoms with van der Waals surface area (Å²) in [5.41, 5.74) is 2.22. The van der Waals surface area contributed by atoms with Gasteiger partial charge in [-0.2, -0.15) is 0 Å². The normalized spacial score (nSPS) is 10.3. The van der Waals surface area contributed by atoms with E-state index in [1.165, 1.54) is 36.4 Å². The molecule has 6 aromatic rings. The van der Waals surface area contributed by atoms with Crippen molar-refractivity contribution >= 4 is 42.1 Å². The predicted octanol–water partition coefficient (Wildman–Crippen LogP) is 7.71. The number of fused-ring (bicyclic) bond motifs is 2. The van der Waals surface area contributed by atoms with Gasteiger partial charge in [0.15, 0.2) is 10.9 Å². The first kappa shape index (κ1) is 28.0. The average Bonchev–Trinajstić information content (AvgIpc) is 2.94. The summed E-state index contributed by atoms with van der Waals surface area (Å²) in [4.78, 5) is 23.9. The van der Waals surface area contributed by atoms with Gasteiger partial charge < -0.3 is 19.0 Å². The van der Waals surface area contributed by atoms with E-state index >= 15 is 0 Å². The number of halogens is 2. The van der Waals surface area contributed by atoms with Gasteiger partial charge in [-0.3, -0.25) is 9.59 Å². The van der Waals surface area contributed by atoms with Crippen molar-refractivity contribution < 1.29 is 32.2 Å². The zero-order valence-electron chi connectivity index (χ0n) is 20.1. The van der Waals surface area contributed by atoms with Crippen molar-refractivity contribution in [1.29, 1.82) is 0 Å². The summed E-state index contributed by atoms with van der Waals surface area (Å²) < 4.78 is 11.3. The van der Waals surface area contributed by atoms with Crippen molar-refractivity contribution in [3.05, 3.63) is 130 Å². The van der Waals surface area contributed by atoms with E-state index in [0.29, 0.717) is 33.5 Å². The van der Waals surface area contributed by atoms with Crippen molar-refractivity contribution in [3.8, 4) is 34.1 Å². The van der Waals surface area contributed by atoms with Gasteiger partial charge in [-0.25, -0.2) is 0 Å². The molecule has 6 rings (SSSR count). The van der Waals surface area contributed by atoms with E-state index in [9.17, 15) is 19.8 Å². The van der Waals surface area contributed by atoms with Crippen molar-refractivity contribution in [1.82, 2.24) is 0 Å². The molecule has 197 valence electrons. The van der Waals surface area contributed by atoms with Gasteiger partial charge in [-0.1, -0.05) is 60.7 Å². The molecular formula is C30H20Cl2MnO6. The van der Waals surface area contributed by atoms with E-state index in [2.05, 4.69) is 0 Å². The molecule has 0 bridgehead atoms. The summed E-state index contributed by atoms with van der Waals surface area (Å²) in [5, 5.41) is 19.8. The van der Waals surface area contributed by atoms with E-state index in [-0.39, 0.29) is 35.5 Å². The molecule has 0 saturated heterocycles. The van der Waals surface area contributed by atoms with Crippen LogP contribution in [0.1, 0.15) is 0 Å². The van der Waals surface area contributed by atoms with Crippen LogP contribution in [0.2, 0.25) is 0 Å². The van der Waals surface area contributed by atoms with Crippen LogP contribution in [0.5, 0.6) is 11.5 Å². The Morgan fingerprint density at radius 3 is 1.26 bits per heavy atom. The summed E-state index contributed by atoms with van der Waals surface area (Å²) in [5.74, 6) is 1.16. The quantitative estimate of drug-likeness (QED) is 0.197. The molecule has 0 spiro atoms. The van der Waals surface area contributed by atoms with E-state index in [4.69, 9.17) is 29.0 Å². The molecule has 0 aliphatic heterocycles. The van der Waals surface area contributed by atoms with Gasteiger partial charge in [0.1, 0.15) is 34.2 Å². The second kappa shape index (κ2) is 13.2. The number of phenols is 2. The molecule has 0 unspecified atom stereocenters. The number of benzene rings is 4. The van der Waals surface area contributed by atoms with Crippen LogP contribution in [0.4, 0.5) is 0 Å². The summed E-state index contributed by atoms with van der Waals surface area (Å²) in [6.45, 7) is 0. The number of hydrogen-bond donors (Lipinski definition) is 2. The molecular weight excluding hydrogens is 582 g/mol. The molecule has 0 aliphatic rings. The van der Waals surface area contributed by atoms with Gasteiger partial charge >= 0.3 is 33.3 Å². The van der Waals surface area contributed by atoms with Crippen LogP contribution in [0, 0.1) is 0 Å². The van der Waals surface area contributed by atoms with E-state index < -0.39 is 0 Å². The predicted molar refractivity (Wildman–Crippen MR) is 151 cm³/mol. The third-order valence-corrected chi connectivity index (χ3v) is 5.54. The van der Waals surface area contributed by atoms with Crippen LogP contribution in [0.25, 0.3) is 44.6 Å². The van der Waals surface area contributed by atoms with Gasteiger partial charge in [0.2, 0.25) is 0 Å². The van der Waals surface area contributed by atoms with E-state index in [1.54, 1.807) is 12.1 Å². The Morgan fingerprint density at radius 1 is 0.538 bits per heavy atom. The number of hydrogen-bond acceptors (Lipinski definition) is 6. The van der Waals surface area contributed by atoms with Crippen molar-refractivity contribution in [2.45, 2.75) is 0 Å². The monoisotopic (exact) mass is 601 g/mol. The summed E-state index contributed by atoms with van der Waals surface area (Å²) in [6.07, 6.45) is 0. The minimum atomic E-state index is -0.116. The van der Waals surface area contributed by atoms with Crippen LogP contribution in [0.15, 0.2) is 128 Å². The Bertz CT molecular complexity index is 1680. The van der Waals surface area contributed by atoms with Crippen LogP contribution < -0.4 is 10.9 Å². The Balaban J connectivity index is 0.000000165. The van der Waals surface area contributed by atoms with Crippen LogP contribution >= 0.6 is 20.2 Å². The molecule has 0 aliphatic carbocycles. The van der Waals surface area contributed by atoms with Crippen LogP contribution in [-0.4, -0.2) is 10.2 Å². The molecule has 0 saturated carbocycles. The van der Waals surface area contributed by atoms with Crippen molar-refractivity contribution in [2.24, 2.45) is 0 Å². The standard InChI is InChI=1S/2C15H10O3.2ClH.Mn/c2*16-11-6-7-12-13(17)9-14(18-15(12)8-11)10-4-2-1-3-5-10;;;/h2*1-9,16H;2*1H;/q;;;;+2/p-2. The number of rotatable bonds is 2. The van der Waals surface area contributed by atoms with E-state index in [1.807, 2.05) is 60.7 Å². The zero-order chi connectivity index (χ0) is 27.8. The fourth-order valence-corrected chi connectivity index (χ4v) is 3.78. The fourth-order valence-electron chi connectivity index (χ4n) is 3.78. The molecule has 39 heavy (non-hydrogen) atoms. The molecule has 0 radical (unpaired) electrons. The van der Waals surface area contributed by atoms with Crippen LogP contribution in [0.3, 0.4) is 0 Å². The molecule has 0 atom stereocenters.